The smallest absolute Gasteiger partial charge is 0.226 e. The maximum Gasteiger partial charge on any atom is 0.226 e. The fraction of sp³-hybridized carbons (Fsp3) is 0.429. The summed E-state index contributed by atoms with van der Waals surface area (Å²) in [4.78, 5) is 16.4. The van der Waals surface area contributed by atoms with Gasteiger partial charge in [0, 0.05) is 24.5 Å². The van der Waals surface area contributed by atoms with Gasteiger partial charge in [0.2, 0.25) is 17.6 Å². The van der Waals surface area contributed by atoms with Gasteiger partial charge >= 0.3 is 0 Å². The molecule has 1 aromatic carbocycles. The lowest BCUT2D eigenvalue weighted by molar-refractivity contribution is -0.121. The third-order valence-electron chi connectivity index (χ3n) is 4.26. The van der Waals surface area contributed by atoms with E-state index >= 15 is 0 Å². The first-order chi connectivity index (χ1) is 13.5. The summed E-state index contributed by atoms with van der Waals surface area (Å²) in [5, 5.41) is 10.9. The lowest BCUT2D eigenvalue weighted by Crippen LogP contribution is -2.22. The summed E-state index contributed by atoms with van der Waals surface area (Å²) in [6.45, 7) is 6.64. The minimum Gasteiger partial charge on any atom is -0.359 e. The van der Waals surface area contributed by atoms with E-state index in [0.717, 1.165) is 17.7 Å². The summed E-state index contributed by atoms with van der Waals surface area (Å²) in [5.74, 6) is 2.26. The number of aryl methyl sites for hydroxylation is 2. The first-order valence-corrected chi connectivity index (χ1v) is 9.60. The number of nitrogens with zero attached hydrogens (tertiary/aromatic N) is 3. The van der Waals surface area contributed by atoms with Crippen molar-refractivity contribution in [1.29, 1.82) is 0 Å². The van der Waals surface area contributed by atoms with Crippen LogP contribution >= 0.6 is 0 Å². The number of aromatic nitrogens is 3. The standard InChI is InChI=1S/C21H26N4O3/c1-14(2)11-17-12-18(27-24-17)13-22-19(26)5-4-6-20-23-21(25-28-20)16-9-7-15(3)8-10-16/h7-10,12,14H,4-6,11,13H2,1-3H3,(H,22,26). The highest BCUT2D eigenvalue weighted by atomic mass is 16.5. The zero-order chi connectivity index (χ0) is 19.9. The van der Waals surface area contributed by atoms with Gasteiger partial charge in [0.1, 0.15) is 0 Å². The van der Waals surface area contributed by atoms with Crippen LogP contribution in [0.5, 0.6) is 0 Å². The van der Waals surface area contributed by atoms with Crippen LogP contribution in [0.3, 0.4) is 0 Å². The normalized spacial score (nSPS) is 11.1. The molecule has 0 unspecified atom stereocenters. The lowest BCUT2D eigenvalue weighted by atomic mass is 10.1. The van der Waals surface area contributed by atoms with Crippen LogP contribution < -0.4 is 5.32 Å². The number of rotatable bonds is 9. The van der Waals surface area contributed by atoms with Crippen molar-refractivity contribution in [3.63, 3.8) is 0 Å². The van der Waals surface area contributed by atoms with Gasteiger partial charge in [-0.05, 0) is 25.7 Å². The van der Waals surface area contributed by atoms with Crippen LogP contribution in [-0.2, 0) is 24.2 Å². The summed E-state index contributed by atoms with van der Waals surface area (Å²) < 4.78 is 10.5. The topological polar surface area (TPSA) is 94.1 Å². The lowest BCUT2D eigenvalue weighted by Gasteiger charge is -2.01. The zero-order valence-electron chi connectivity index (χ0n) is 16.6. The van der Waals surface area contributed by atoms with Crippen molar-refractivity contribution in [3.8, 4) is 11.4 Å². The molecule has 1 amide bonds. The van der Waals surface area contributed by atoms with Crippen LogP contribution in [0.1, 0.15) is 49.6 Å². The van der Waals surface area contributed by atoms with Gasteiger partial charge in [-0.25, -0.2) is 0 Å². The monoisotopic (exact) mass is 382 g/mol. The molecule has 1 N–H and O–H groups in total. The second-order valence-electron chi connectivity index (χ2n) is 7.39. The fourth-order valence-corrected chi connectivity index (χ4v) is 2.80. The molecule has 0 saturated heterocycles. The van der Waals surface area contributed by atoms with Crippen molar-refractivity contribution >= 4 is 5.91 Å². The van der Waals surface area contributed by atoms with Crippen LogP contribution in [0, 0.1) is 12.8 Å². The van der Waals surface area contributed by atoms with Crippen molar-refractivity contribution in [2.24, 2.45) is 5.92 Å². The molecular formula is C21H26N4O3. The van der Waals surface area contributed by atoms with Gasteiger partial charge in [0.15, 0.2) is 5.76 Å². The maximum atomic E-state index is 12.0. The van der Waals surface area contributed by atoms with E-state index in [0.29, 0.717) is 49.2 Å². The first kappa shape index (κ1) is 19.8. The van der Waals surface area contributed by atoms with E-state index < -0.39 is 0 Å². The molecule has 28 heavy (non-hydrogen) atoms. The third-order valence-corrected chi connectivity index (χ3v) is 4.26. The molecule has 148 valence electrons. The quantitative estimate of drug-likeness (QED) is 0.604. The molecule has 0 saturated carbocycles. The van der Waals surface area contributed by atoms with Crippen molar-refractivity contribution in [3.05, 3.63) is 53.2 Å². The van der Waals surface area contributed by atoms with E-state index in [1.165, 1.54) is 5.56 Å². The zero-order valence-corrected chi connectivity index (χ0v) is 16.6. The number of amides is 1. The number of nitrogens with one attached hydrogen (secondary N) is 1. The van der Waals surface area contributed by atoms with Crippen LogP contribution in [0.25, 0.3) is 11.4 Å². The molecular weight excluding hydrogens is 356 g/mol. The second-order valence-corrected chi connectivity index (χ2v) is 7.39. The van der Waals surface area contributed by atoms with E-state index in [1.54, 1.807) is 0 Å². The summed E-state index contributed by atoms with van der Waals surface area (Å²) in [6, 6.07) is 9.85. The fourth-order valence-electron chi connectivity index (χ4n) is 2.80. The molecule has 7 nitrogen and oxygen atoms in total. The highest BCUT2D eigenvalue weighted by Gasteiger charge is 2.11. The van der Waals surface area contributed by atoms with E-state index in [1.807, 2.05) is 37.3 Å². The van der Waals surface area contributed by atoms with Gasteiger partial charge in [-0.2, -0.15) is 4.98 Å². The molecule has 0 radical (unpaired) electrons. The SMILES string of the molecule is Cc1ccc(-c2noc(CCCC(=O)NCc3cc(CC(C)C)no3)n2)cc1. The first-order valence-electron chi connectivity index (χ1n) is 9.60. The highest BCUT2D eigenvalue weighted by molar-refractivity contribution is 5.75. The highest BCUT2D eigenvalue weighted by Crippen LogP contribution is 2.17. The summed E-state index contributed by atoms with van der Waals surface area (Å²) in [5.41, 5.74) is 3.02. The number of carbonyl (C=O) groups excluding carboxylic acids is 1. The van der Waals surface area contributed by atoms with E-state index in [9.17, 15) is 4.79 Å². The van der Waals surface area contributed by atoms with E-state index in [-0.39, 0.29) is 5.91 Å². The number of hydrogen-bond acceptors (Lipinski definition) is 6. The Bertz CT molecular complexity index is 897. The second kappa shape index (κ2) is 9.30. The van der Waals surface area contributed by atoms with Crippen molar-refractivity contribution < 1.29 is 13.8 Å². The molecule has 3 rings (SSSR count). The third kappa shape index (κ3) is 5.77. The predicted molar refractivity (Wildman–Crippen MR) is 104 cm³/mol. The molecule has 2 aromatic heterocycles. The molecule has 7 heteroatoms. The molecule has 0 aliphatic rings. The largest absolute Gasteiger partial charge is 0.359 e. The average molecular weight is 382 g/mol. The Labute approximate surface area is 164 Å². The average Bonchev–Trinajstić information content (AvgIpc) is 3.30. The van der Waals surface area contributed by atoms with Gasteiger partial charge in [-0.15, -0.1) is 0 Å². The Hall–Kier alpha value is -2.96. The van der Waals surface area contributed by atoms with Gasteiger partial charge in [-0.3, -0.25) is 4.79 Å². The Morgan fingerprint density at radius 2 is 1.93 bits per heavy atom. The van der Waals surface area contributed by atoms with Crippen LogP contribution in [0.4, 0.5) is 0 Å². The van der Waals surface area contributed by atoms with E-state index in [2.05, 4.69) is 34.5 Å². The maximum absolute atomic E-state index is 12.0. The minimum atomic E-state index is -0.0416. The van der Waals surface area contributed by atoms with Crippen LogP contribution in [0.15, 0.2) is 39.4 Å². The summed E-state index contributed by atoms with van der Waals surface area (Å²) in [7, 11) is 0. The van der Waals surface area contributed by atoms with Gasteiger partial charge in [0.05, 0.1) is 12.2 Å². The molecule has 2 heterocycles. The minimum absolute atomic E-state index is 0.0416. The molecule has 3 aromatic rings. The van der Waals surface area contributed by atoms with Gasteiger partial charge < -0.3 is 14.4 Å². The van der Waals surface area contributed by atoms with Crippen LogP contribution in [0.2, 0.25) is 0 Å². The number of benzene rings is 1. The Balaban J connectivity index is 1.39. The van der Waals surface area contributed by atoms with Gasteiger partial charge in [-0.1, -0.05) is 54.0 Å². The van der Waals surface area contributed by atoms with Crippen molar-refractivity contribution in [2.45, 2.75) is 53.0 Å². The number of hydrogen-bond donors (Lipinski definition) is 1. The summed E-state index contributed by atoms with van der Waals surface area (Å²) in [6.07, 6.45) is 2.45. The molecule has 0 atom stereocenters. The van der Waals surface area contributed by atoms with Gasteiger partial charge in [0.25, 0.3) is 0 Å². The Morgan fingerprint density at radius 1 is 1.14 bits per heavy atom. The predicted octanol–water partition coefficient (Wildman–Crippen LogP) is 3.87. The van der Waals surface area contributed by atoms with Crippen molar-refractivity contribution in [1.82, 2.24) is 20.6 Å². The molecule has 0 aliphatic heterocycles. The number of carbonyl (C=O) groups is 1. The summed E-state index contributed by atoms with van der Waals surface area (Å²) >= 11 is 0. The Morgan fingerprint density at radius 3 is 2.68 bits per heavy atom. The van der Waals surface area contributed by atoms with E-state index in [4.69, 9.17) is 9.05 Å². The molecule has 0 bridgehead atoms. The van der Waals surface area contributed by atoms with Crippen LogP contribution in [-0.4, -0.2) is 21.2 Å². The molecule has 0 aliphatic carbocycles. The molecule has 0 fully saturated rings. The van der Waals surface area contributed by atoms with Crippen molar-refractivity contribution in [2.75, 3.05) is 0 Å². The molecule has 0 spiro atoms. The Kier molecular flexibility index (Phi) is 6.57.